The van der Waals surface area contributed by atoms with E-state index in [-0.39, 0.29) is 5.91 Å². The number of carbonyl (C=O) groups is 1. The van der Waals surface area contributed by atoms with Crippen molar-refractivity contribution in [2.45, 2.75) is 25.7 Å². The van der Waals surface area contributed by atoms with Gasteiger partial charge in [0.25, 0.3) is 0 Å². The molecule has 138 valence electrons. The fourth-order valence-corrected chi connectivity index (χ4v) is 2.91. The maximum Gasteiger partial charge on any atom is 0.224 e. The van der Waals surface area contributed by atoms with Gasteiger partial charge in [0.1, 0.15) is 5.75 Å². The van der Waals surface area contributed by atoms with Crippen LogP contribution in [0.3, 0.4) is 0 Å². The quantitative estimate of drug-likeness (QED) is 0.529. The highest BCUT2D eigenvalue weighted by molar-refractivity contribution is 5.92. The lowest BCUT2D eigenvalue weighted by molar-refractivity contribution is -0.116. The van der Waals surface area contributed by atoms with Gasteiger partial charge in [0.15, 0.2) is 0 Å². The summed E-state index contributed by atoms with van der Waals surface area (Å²) in [5.41, 5.74) is 3.21. The van der Waals surface area contributed by atoms with Gasteiger partial charge in [-0.05, 0) is 42.5 Å². The third kappa shape index (κ3) is 6.30. The summed E-state index contributed by atoms with van der Waals surface area (Å²) in [5, 5.41) is 2.98. The van der Waals surface area contributed by atoms with E-state index in [0.717, 1.165) is 36.3 Å². The van der Waals surface area contributed by atoms with Crippen LogP contribution in [0.1, 0.15) is 24.0 Å². The number of amides is 1. The van der Waals surface area contributed by atoms with E-state index in [1.54, 1.807) is 0 Å². The van der Waals surface area contributed by atoms with Crippen molar-refractivity contribution in [3.63, 3.8) is 0 Å². The van der Waals surface area contributed by atoms with Crippen molar-refractivity contribution in [3.05, 3.63) is 96.1 Å². The van der Waals surface area contributed by atoms with E-state index < -0.39 is 0 Å². The summed E-state index contributed by atoms with van der Waals surface area (Å²) >= 11 is 0. The summed E-state index contributed by atoms with van der Waals surface area (Å²) in [6.07, 6.45) is 3.09. The van der Waals surface area contributed by atoms with E-state index in [1.807, 2.05) is 60.7 Å². The molecule has 0 bridgehead atoms. The minimum atomic E-state index is -0.000751. The number of aryl methyl sites for hydroxylation is 2. The van der Waals surface area contributed by atoms with Crippen molar-refractivity contribution in [2.75, 3.05) is 11.9 Å². The molecular weight excluding hydrogens is 334 g/mol. The second-order valence-corrected chi connectivity index (χ2v) is 6.47. The van der Waals surface area contributed by atoms with Gasteiger partial charge in [-0.25, -0.2) is 0 Å². The van der Waals surface area contributed by atoms with E-state index >= 15 is 0 Å². The van der Waals surface area contributed by atoms with Crippen LogP contribution in [-0.2, 0) is 17.6 Å². The first-order valence-electron chi connectivity index (χ1n) is 9.41. The molecule has 27 heavy (non-hydrogen) atoms. The van der Waals surface area contributed by atoms with Gasteiger partial charge >= 0.3 is 0 Å². The Labute approximate surface area is 161 Å². The number of carbonyl (C=O) groups excluding carboxylic acids is 1. The second-order valence-electron chi connectivity index (χ2n) is 6.47. The van der Waals surface area contributed by atoms with Crippen LogP contribution in [0.15, 0.2) is 84.9 Å². The number of rotatable bonds is 9. The molecule has 3 heteroatoms. The SMILES string of the molecule is O=C(CCc1ccccc1)Nc1ccccc1OCCCc1ccccc1. The first-order valence-corrected chi connectivity index (χ1v) is 9.41. The highest BCUT2D eigenvalue weighted by atomic mass is 16.5. The minimum Gasteiger partial charge on any atom is -0.491 e. The van der Waals surface area contributed by atoms with Gasteiger partial charge in [0.2, 0.25) is 5.91 Å². The van der Waals surface area contributed by atoms with Crippen molar-refractivity contribution in [1.82, 2.24) is 0 Å². The fourth-order valence-electron chi connectivity index (χ4n) is 2.91. The average Bonchev–Trinajstić information content (AvgIpc) is 2.72. The molecule has 0 aliphatic rings. The Morgan fingerprint density at radius 3 is 2.04 bits per heavy atom. The van der Waals surface area contributed by atoms with Crippen molar-refractivity contribution in [1.29, 1.82) is 0 Å². The molecule has 0 heterocycles. The number of ether oxygens (including phenoxy) is 1. The minimum absolute atomic E-state index is 0.000751. The molecule has 0 radical (unpaired) electrons. The molecule has 3 nitrogen and oxygen atoms in total. The number of hydrogen-bond donors (Lipinski definition) is 1. The summed E-state index contributed by atoms with van der Waals surface area (Å²) in [4.78, 5) is 12.3. The average molecular weight is 359 g/mol. The Bertz CT molecular complexity index is 831. The highest BCUT2D eigenvalue weighted by Crippen LogP contribution is 2.24. The standard InChI is InChI=1S/C24H25NO2/c26-24(18-17-21-12-5-2-6-13-21)25-22-15-7-8-16-23(22)27-19-9-14-20-10-3-1-4-11-20/h1-8,10-13,15-16H,9,14,17-19H2,(H,25,26). The molecule has 3 aromatic rings. The third-order valence-corrected chi connectivity index (χ3v) is 4.35. The molecule has 0 saturated heterocycles. The van der Waals surface area contributed by atoms with Crippen LogP contribution in [0.25, 0.3) is 0 Å². The normalized spacial score (nSPS) is 10.4. The van der Waals surface area contributed by atoms with Gasteiger partial charge in [-0.15, -0.1) is 0 Å². The molecule has 0 fully saturated rings. The van der Waals surface area contributed by atoms with Crippen molar-refractivity contribution >= 4 is 11.6 Å². The zero-order chi connectivity index (χ0) is 18.7. The van der Waals surface area contributed by atoms with Crippen molar-refractivity contribution < 1.29 is 9.53 Å². The molecule has 0 aliphatic carbocycles. The highest BCUT2D eigenvalue weighted by Gasteiger charge is 2.08. The van der Waals surface area contributed by atoms with Crippen LogP contribution in [0.4, 0.5) is 5.69 Å². The third-order valence-electron chi connectivity index (χ3n) is 4.35. The molecular formula is C24H25NO2. The van der Waals surface area contributed by atoms with Crippen LogP contribution in [0, 0.1) is 0 Å². The van der Waals surface area contributed by atoms with Crippen LogP contribution in [0.2, 0.25) is 0 Å². The summed E-state index contributed by atoms with van der Waals surface area (Å²) in [7, 11) is 0. The molecule has 0 spiro atoms. The number of anilines is 1. The van der Waals surface area contributed by atoms with Crippen LogP contribution >= 0.6 is 0 Å². The predicted molar refractivity (Wildman–Crippen MR) is 110 cm³/mol. The monoisotopic (exact) mass is 359 g/mol. The molecule has 1 amide bonds. The zero-order valence-corrected chi connectivity index (χ0v) is 15.4. The summed E-state index contributed by atoms with van der Waals surface area (Å²) in [6, 6.07) is 28.0. The molecule has 0 saturated carbocycles. The first kappa shape index (κ1) is 18.7. The lowest BCUT2D eigenvalue weighted by Gasteiger charge is -2.12. The van der Waals surface area contributed by atoms with E-state index in [4.69, 9.17) is 4.74 Å². The van der Waals surface area contributed by atoms with Crippen LogP contribution in [0.5, 0.6) is 5.75 Å². The van der Waals surface area contributed by atoms with E-state index in [2.05, 4.69) is 29.6 Å². The predicted octanol–water partition coefficient (Wildman–Crippen LogP) is 5.27. The first-order chi connectivity index (χ1) is 13.3. The van der Waals surface area contributed by atoms with E-state index in [1.165, 1.54) is 5.56 Å². The summed E-state index contributed by atoms with van der Waals surface area (Å²) in [5.74, 6) is 0.720. The number of para-hydroxylation sites is 2. The smallest absolute Gasteiger partial charge is 0.224 e. The van der Waals surface area contributed by atoms with Gasteiger partial charge in [-0.1, -0.05) is 72.8 Å². The number of hydrogen-bond acceptors (Lipinski definition) is 2. The Morgan fingerprint density at radius 1 is 0.741 bits per heavy atom. The fraction of sp³-hybridized carbons (Fsp3) is 0.208. The Hall–Kier alpha value is -3.07. The van der Waals surface area contributed by atoms with Gasteiger partial charge in [-0.3, -0.25) is 4.79 Å². The molecule has 0 aromatic heterocycles. The Morgan fingerprint density at radius 2 is 1.33 bits per heavy atom. The van der Waals surface area contributed by atoms with Crippen molar-refractivity contribution in [3.8, 4) is 5.75 Å². The van der Waals surface area contributed by atoms with Crippen LogP contribution < -0.4 is 10.1 Å². The summed E-state index contributed by atoms with van der Waals surface area (Å²) < 4.78 is 5.91. The lowest BCUT2D eigenvalue weighted by atomic mass is 10.1. The number of nitrogens with one attached hydrogen (secondary N) is 1. The Balaban J connectivity index is 1.47. The zero-order valence-electron chi connectivity index (χ0n) is 15.4. The maximum absolute atomic E-state index is 12.3. The Kier molecular flexibility index (Phi) is 7.05. The molecule has 0 atom stereocenters. The second kappa shape index (κ2) is 10.2. The molecule has 1 N–H and O–H groups in total. The van der Waals surface area contributed by atoms with Crippen LogP contribution in [-0.4, -0.2) is 12.5 Å². The topological polar surface area (TPSA) is 38.3 Å². The van der Waals surface area contributed by atoms with Crippen molar-refractivity contribution in [2.24, 2.45) is 0 Å². The largest absolute Gasteiger partial charge is 0.491 e. The lowest BCUT2D eigenvalue weighted by Crippen LogP contribution is -2.13. The van der Waals surface area contributed by atoms with E-state index in [0.29, 0.717) is 13.0 Å². The molecule has 3 aromatic carbocycles. The van der Waals surface area contributed by atoms with Gasteiger partial charge in [0, 0.05) is 6.42 Å². The van der Waals surface area contributed by atoms with Gasteiger partial charge in [-0.2, -0.15) is 0 Å². The molecule has 0 aliphatic heterocycles. The number of benzene rings is 3. The molecule has 0 unspecified atom stereocenters. The van der Waals surface area contributed by atoms with Gasteiger partial charge < -0.3 is 10.1 Å². The summed E-state index contributed by atoms with van der Waals surface area (Å²) in [6.45, 7) is 0.617. The molecule has 3 rings (SSSR count). The van der Waals surface area contributed by atoms with Gasteiger partial charge in [0.05, 0.1) is 12.3 Å². The van der Waals surface area contributed by atoms with E-state index in [9.17, 15) is 4.79 Å². The maximum atomic E-state index is 12.3.